The molecule has 104 valence electrons. The van der Waals surface area contributed by atoms with E-state index in [1.807, 2.05) is 13.0 Å². The molecule has 1 N–H and O–H groups in total. The summed E-state index contributed by atoms with van der Waals surface area (Å²) in [6, 6.07) is 6.72. The highest BCUT2D eigenvalue weighted by atomic mass is 19.1. The molecule has 0 radical (unpaired) electrons. The Balaban J connectivity index is 2.00. The van der Waals surface area contributed by atoms with Crippen LogP contribution in [0.3, 0.4) is 0 Å². The number of aryl methyl sites for hydroxylation is 1. The van der Waals surface area contributed by atoms with E-state index in [-0.39, 0.29) is 5.82 Å². The van der Waals surface area contributed by atoms with Crippen LogP contribution in [-0.2, 0) is 0 Å². The second-order valence-electron chi connectivity index (χ2n) is 5.29. The Labute approximate surface area is 118 Å². The van der Waals surface area contributed by atoms with Crippen molar-refractivity contribution in [2.75, 3.05) is 20.1 Å². The number of aromatic amines is 1. The van der Waals surface area contributed by atoms with Gasteiger partial charge in [0, 0.05) is 18.8 Å². The summed E-state index contributed by atoms with van der Waals surface area (Å²) in [5.74, 6) is 0.354. The minimum atomic E-state index is -0.248. The largest absolute Gasteiger partial charge is 0.341 e. The average Bonchev–Trinajstić information content (AvgIpc) is 2.81. The molecular weight excluding hydrogens is 253 g/mol. The number of rotatable bonds is 2. The molecule has 3 nitrogen and oxygen atoms in total. The van der Waals surface area contributed by atoms with E-state index in [1.165, 1.54) is 11.6 Å². The minimum Gasteiger partial charge on any atom is -0.341 e. The van der Waals surface area contributed by atoms with Crippen LogP contribution >= 0.6 is 0 Å². The van der Waals surface area contributed by atoms with Crippen molar-refractivity contribution in [2.24, 2.45) is 0 Å². The molecule has 20 heavy (non-hydrogen) atoms. The molecule has 1 aromatic carbocycles. The predicted octanol–water partition coefficient (Wildman–Crippen LogP) is 3.24. The summed E-state index contributed by atoms with van der Waals surface area (Å²) in [6.07, 6.45) is 3.27. The molecule has 1 aromatic heterocycles. The zero-order chi connectivity index (χ0) is 14.1. The van der Waals surface area contributed by atoms with Crippen molar-refractivity contribution in [1.82, 2.24) is 14.9 Å². The van der Waals surface area contributed by atoms with Gasteiger partial charge in [-0.1, -0.05) is 18.2 Å². The Bertz CT molecular complexity index is 657. The number of likely N-dealkylation sites (N-methyl/N-ethyl adjacent to an activating group) is 1. The van der Waals surface area contributed by atoms with Crippen molar-refractivity contribution in [3.05, 3.63) is 47.5 Å². The monoisotopic (exact) mass is 271 g/mol. The number of imidazole rings is 1. The number of aromatic nitrogens is 2. The van der Waals surface area contributed by atoms with Gasteiger partial charge in [0.2, 0.25) is 0 Å². The Morgan fingerprint density at radius 2 is 2.10 bits per heavy atom. The highest BCUT2D eigenvalue weighted by molar-refractivity contribution is 5.69. The van der Waals surface area contributed by atoms with Gasteiger partial charge in [-0.3, -0.25) is 0 Å². The number of benzene rings is 1. The third-order valence-electron chi connectivity index (χ3n) is 3.66. The summed E-state index contributed by atoms with van der Waals surface area (Å²) in [7, 11) is 2.10. The van der Waals surface area contributed by atoms with Crippen molar-refractivity contribution in [1.29, 1.82) is 0 Å². The Morgan fingerprint density at radius 3 is 2.85 bits per heavy atom. The van der Waals surface area contributed by atoms with Crippen LogP contribution in [0.2, 0.25) is 0 Å². The summed E-state index contributed by atoms with van der Waals surface area (Å²) in [5.41, 5.74) is 3.68. The molecule has 0 saturated carbocycles. The third kappa shape index (κ3) is 2.39. The lowest BCUT2D eigenvalue weighted by Gasteiger charge is -2.22. The van der Waals surface area contributed by atoms with Crippen molar-refractivity contribution in [2.45, 2.75) is 13.3 Å². The summed E-state index contributed by atoms with van der Waals surface area (Å²) in [5, 5.41) is 0. The lowest BCUT2D eigenvalue weighted by Crippen LogP contribution is -2.25. The van der Waals surface area contributed by atoms with E-state index in [9.17, 15) is 4.39 Å². The first kappa shape index (κ1) is 13.1. The molecule has 2 heterocycles. The molecular formula is C16H18FN3. The van der Waals surface area contributed by atoms with Gasteiger partial charge in [-0.25, -0.2) is 9.37 Å². The van der Waals surface area contributed by atoms with Crippen LogP contribution in [0.5, 0.6) is 0 Å². The van der Waals surface area contributed by atoms with Crippen molar-refractivity contribution in [3.8, 4) is 11.4 Å². The molecule has 0 unspecified atom stereocenters. The SMILES string of the molecule is Cc1[nH]c(-c2ccccc2F)nc1C1=CCCN(C)C1. The summed E-state index contributed by atoms with van der Waals surface area (Å²) < 4.78 is 13.8. The number of H-pyrrole nitrogens is 1. The van der Waals surface area contributed by atoms with Gasteiger partial charge in [0.25, 0.3) is 0 Å². The molecule has 0 fully saturated rings. The number of halogens is 1. The quantitative estimate of drug-likeness (QED) is 0.909. The molecule has 3 rings (SSSR count). The van der Waals surface area contributed by atoms with E-state index in [0.717, 1.165) is 30.9 Å². The van der Waals surface area contributed by atoms with Crippen molar-refractivity contribution >= 4 is 5.57 Å². The lowest BCUT2D eigenvalue weighted by molar-refractivity contribution is 0.372. The van der Waals surface area contributed by atoms with Gasteiger partial charge in [-0.2, -0.15) is 0 Å². The van der Waals surface area contributed by atoms with Crippen LogP contribution in [0.25, 0.3) is 17.0 Å². The van der Waals surface area contributed by atoms with E-state index >= 15 is 0 Å². The van der Waals surface area contributed by atoms with E-state index in [1.54, 1.807) is 12.1 Å². The first-order valence-corrected chi connectivity index (χ1v) is 6.84. The normalized spacial score (nSPS) is 16.2. The molecule has 4 heteroatoms. The molecule has 0 amide bonds. The molecule has 1 aliphatic heterocycles. The minimum absolute atomic E-state index is 0.248. The van der Waals surface area contributed by atoms with Crippen LogP contribution in [0, 0.1) is 12.7 Å². The smallest absolute Gasteiger partial charge is 0.141 e. The molecule has 0 atom stereocenters. The Hall–Kier alpha value is -1.94. The third-order valence-corrected chi connectivity index (χ3v) is 3.66. The fraction of sp³-hybridized carbons (Fsp3) is 0.312. The lowest BCUT2D eigenvalue weighted by atomic mass is 10.1. The number of hydrogen-bond donors (Lipinski definition) is 1. The van der Waals surface area contributed by atoms with Gasteiger partial charge in [0.15, 0.2) is 0 Å². The standard InChI is InChI=1S/C16H18FN3/c1-11-15(12-6-5-9-20(2)10-12)19-16(18-11)13-7-3-4-8-14(13)17/h3-4,6-8H,5,9-10H2,1-2H3,(H,18,19). The highest BCUT2D eigenvalue weighted by Gasteiger charge is 2.17. The van der Waals surface area contributed by atoms with Gasteiger partial charge in [0.1, 0.15) is 11.6 Å². The van der Waals surface area contributed by atoms with Crippen molar-refractivity contribution in [3.63, 3.8) is 0 Å². The zero-order valence-electron chi connectivity index (χ0n) is 11.8. The van der Waals surface area contributed by atoms with Crippen molar-refractivity contribution < 1.29 is 4.39 Å². The maximum Gasteiger partial charge on any atom is 0.141 e. The molecule has 1 aliphatic rings. The topological polar surface area (TPSA) is 31.9 Å². The summed E-state index contributed by atoms with van der Waals surface area (Å²) in [4.78, 5) is 10.1. The second kappa shape index (κ2) is 5.21. The average molecular weight is 271 g/mol. The predicted molar refractivity (Wildman–Crippen MR) is 78.8 cm³/mol. The molecule has 0 aliphatic carbocycles. The van der Waals surface area contributed by atoms with Gasteiger partial charge >= 0.3 is 0 Å². The highest BCUT2D eigenvalue weighted by Crippen LogP contribution is 2.26. The van der Waals surface area contributed by atoms with Gasteiger partial charge in [0.05, 0.1) is 11.3 Å². The van der Waals surface area contributed by atoms with E-state index in [4.69, 9.17) is 0 Å². The number of hydrogen-bond acceptors (Lipinski definition) is 2. The van der Waals surface area contributed by atoms with E-state index < -0.39 is 0 Å². The summed E-state index contributed by atoms with van der Waals surface area (Å²) in [6.45, 7) is 3.96. The van der Waals surface area contributed by atoms with Gasteiger partial charge in [-0.15, -0.1) is 0 Å². The fourth-order valence-electron chi connectivity index (χ4n) is 2.62. The van der Waals surface area contributed by atoms with Gasteiger partial charge < -0.3 is 9.88 Å². The second-order valence-corrected chi connectivity index (χ2v) is 5.29. The summed E-state index contributed by atoms with van der Waals surface area (Å²) >= 11 is 0. The Morgan fingerprint density at radius 1 is 1.30 bits per heavy atom. The van der Waals surface area contributed by atoms with Crippen LogP contribution in [-0.4, -0.2) is 35.0 Å². The fourth-order valence-corrected chi connectivity index (χ4v) is 2.62. The van der Waals surface area contributed by atoms with E-state index in [2.05, 4.69) is 28.0 Å². The van der Waals surface area contributed by atoms with Gasteiger partial charge in [-0.05, 0) is 38.1 Å². The van der Waals surface area contributed by atoms with Crippen LogP contribution in [0.15, 0.2) is 30.3 Å². The van der Waals surface area contributed by atoms with Crippen LogP contribution < -0.4 is 0 Å². The Kier molecular flexibility index (Phi) is 3.40. The maximum absolute atomic E-state index is 13.8. The molecule has 0 saturated heterocycles. The molecule has 2 aromatic rings. The molecule has 0 bridgehead atoms. The maximum atomic E-state index is 13.8. The number of nitrogens with zero attached hydrogens (tertiary/aromatic N) is 2. The first-order chi connectivity index (χ1) is 9.65. The first-order valence-electron chi connectivity index (χ1n) is 6.84. The van der Waals surface area contributed by atoms with Crippen LogP contribution in [0.1, 0.15) is 17.8 Å². The molecule has 0 spiro atoms. The number of nitrogens with one attached hydrogen (secondary N) is 1. The van der Waals surface area contributed by atoms with Crippen LogP contribution in [0.4, 0.5) is 4.39 Å². The zero-order valence-corrected chi connectivity index (χ0v) is 11.8. The van der Waals surface area contributed by atoms with E-state index in [0.29, 0.717) is 11.4 Å².